The molecule has 0 aromatic heterocycles. The lowest BCUT2D eigenvalue weighted by Gasteiger charge is -2.36. The Morgan fingerprint density at radius 3 is 2.38 bits per heavy atom. The molecular weight excluding hydrogens is 318 g/mol. The van der Waals surface area contributed by atoms with Crippen LogP contribution in [0.5, 0.6) is 23.0 Å². The van der Waals surface area contributed by atoms with Crippen molar-refractivity contribution in [3.05, 3.63) is 47.5 Å². The molecule has 2 aromatic carbocycles. The molecule has 24 heavy (non-hydrogen) atoms. The van der Waals surface area contributed by atoms with Gasteiger partial charge in [-0.2, -0.15) is 0 Å². The number of aromatic hydroxyl groups is 3. The molecule has 3 atom stereocenters. The fourth-order valence-corrected chi connectivity index (χ4v) is 3.92. The van der Waals surface area contributed by atoms with E-state index in [1.54, 1.807) is 12.1 Å². The minimum absolute atomic E-state index is 0.0797. The summed E-state index contributed by atoms with van der Waals surface area (Å²) in [5, 5.41) is 29.2. The van der Waals surface area contributed by atoms with E-state index in [9.17, 15) is 24.1 Å². The molecule has 0 radical (unpaired) electrons. The molecule has 6 heteroatoms. The van der Waals surface area contributed by atoms with E-state index >= 15 is 0 Å². The van der Waals surface area contributed by atoms with E-state index in [2.05, 4.69) is 0 Å². The van der Waals surface area contributed by atoms with Gasteiger partial charge in [-0.05, 0) is 23.8 Å². The highest BCUT2D eigenvalue weighted by atomic mass is 19.3. The average molecular weight is 334 g/mol. The summed E-state index contributed by atoms with van der Waals surface area (Å²) in [6.45, 7) is 0. The highest BCUT2D eigenvalue weighted by molar-refractivity contribution is 5.54. The first kappa shape index (κ1) is 15.1. The monoisotopic (exact) mass is 334 g/mol. The summed E-state index contributed by atoms with van der Waals surface area (Å²) in [6.07, 6.45) is -1.31. The van der Waals surface area contributed by atoms with Crippen LogP contribution >= 0.6 is 0 Å². The quantitative estimate of drug-likeness (QED) is 0.735. The highest BCUT2D eigenvalue weighted by Crippen LogP contribution is 2.60. The molecule has 1 aliphatic carbocycles. The highest BCUT2D eigenvalue weighted by Gasteiger charge is 2.54. The Morgan fingerprint density at radius 1 is 0.958 bits per heavy atom. The first-order chi connectivity index (χ1) is 11.3. The first-order valence-corrected chi connectivity index (χ1v) is 7.73. The maximum absolute atomic E-state index is 14.1. The first-order valence-electron chi connectivity index (χ1n) is 7.73. The maximum Gasteiger partial charge on any atom is 0.249 e. The molecule has 0 amide bonds. The predicted molar refractivity (Wildman–Crippen MR) is 81.7 cm³/mol. The predicted octanol–water partition coefficient (Wildman–Crippen LogP) is 4.07. The maximum atomic E-state index is 14.1. The van der Waals surface area contributed by atoms with Crippen molar-refractivity contribution in [3.63, 3.8) is 0 Å². The topological polar surface area (TPSA) is 69.9 Å². The van der Waals surface area contributed by atoms with Gasteiger partial charge >= 0.3 is 0 Å². The van der Waals surface area contributed by atoms with Gasteiger partial charge in [0.25, 0.3) is 0 Å². The van der Waals surface area contributed by atoms with Crippen LogP contribution in [-0.4, -0.2) is 21.2 Å². The van der Waals surface area contributed by atoms with Crippen molar-refractivity contribution >= 4 is 0 Å². The summed E-state index contributed by atoms with van der Waals surface area (Å²) >= 11 is 0. The summed E-state index contributed by atoms with van der Waals surface area (Å²) in [4.78, 5) is 0. The molecule has 3 N–H and O–H groups in total. The number of ether oxygens (including phenoxy) is 1. The lowest BCUT2D eigenvalue weighted by atomic mass is 9.80. The van der Waals surface area contributed by atoms with Gasteiger partial charge in [-0.1, -0.05) is 12.1 Å². The van der Waals surface area contributed by atoms with Crippen molar-refractivity contribution in [2.45, 2.75) is 30.8 Å². The van der Waals surface area contributed by atoms with Crippen LogP contribution in [0.15, 0.2) is 36.4 Å². The fraction of sp³-hybridized carbons (Fsp3) is 0.333. The lowest BCUT2D eigenvalue weighted by Crippen LogP contribution is -2.27. The molecule has 0 bridgehead atoms. The van der Waals surface area contributed by atoms with Gasteiger partial charge in [0.15, 0.2) is 11.5 Å². The standard InChI is InChI=1S/C18H16F2O4/c19-18(20)7-13-12-5-11(22)6-15(23)17(12)24-16(14(13)8-18)9-1-3-10(21)4-2-9/h1-6,13-14,16,21-23H,7-8H2/t13-,14-,16-/m1/s1. The second kappa shape index (κ2) is 5.00. The number of phenols is 3. The zero-order valence-electron chi connectivity index (χ0n) is 12.6. The normalized spacial score (nSPS) is 27.2. The number of rotatable bonds is 1. The minimum Gasteiger partial charge on any atom is -0.508 e. The Morgan fingerprint density at radius 2 is 1.67 bits per heavy atom. The summed E-state index contributed by atoms with van der Waals surface area (Å²) < 4.78 is 34.0. The van der Waals surface area contributed by atoms with E-state index in [1.807, 2.05) is 0 Å². The van der Waals surface area contributed by atoms with E-state index in [0.29, 0.717) is 11.1 Å². The van der Waals surface area contributed by atoms with Crippen LogP contribution in [-0.2, 0) is 0 Å². The number of hydrogen-bond donors (Lipinski definition) is 3. The second-order valence-electron chi connectivity index (χ2n) is 6.55. The van der Waals surface area contributed by atoms with E-state index in [1.165, 1.54) is 18.2 Å². The van der Waals surface area contributed by atoms with Gasteiger partial charge < -0.3 is 20.1 Å². The Bertz CT molecular complexity index is 788. The molecule has 2 aliphatic rings. The molecule has 1 heterocycles. The van der Waals surface area contributed by atoms with Crippen LogP contribution in [0.1, 0.15) is 36.0 Å². The van der Waals surface area contributed by atoms with Crippen LogP contribution in [0.25, 0.3) is 0 Å². The molecule has 1 saturated carbocycles. The van der Waals surface area contributed by atoms with Crippen molar-refractivity contribution in [3.8, 4) is 23.0 Å². The van der Waals surface area contributed by atoms with Gasteiger partial charge in [-0.25, -0.2) is 8.78 Å². The Balaban J connectivity index is 1.83. The van der Waals surface area contributed by atoms with Crippen molar-refractivity contribution in [1.82, 2.24) is 0 Å². The van der Waals surface area contributed by atoms with E-state index in [0.717, 1.165) is 6.07 Å². The second-order valence-corrected chi connectivity index (χ2v) is 6.55. The van der Waals surface area contributed by atoms with Crippen molar-refractivity contribution < 1.29 is 28.8 Å². The third-order valence-corrected chi connectivity index (χ3v) is 4.91. The number of fused-ring (bicyclic) bond motifs is 3. The molecule has 0 spiro atoms. The molecule has 1 fully saturated rings. The number of halogens is 2. The number of benzene rings is 2. The van der Waals surface area contributed by atoms with Crippen molar-refractivity contribution in [1.29, 1.82) is 0 Å². The number of alkyl halides is 2. The molecule has 0 saturated heterocycles. The SMILES string of the molecule is Oc1ccc([C@H]2Oc3c(O)cc(O)cc3[C@H]3CC(F)(F)C[C@H]32)cc1. The van der Waals surface area contributed by atoms with Gasteiger partial charge in [-0.15, -0.1) is 0 Å². The van der Waals surface area contributed by atoms with Crippen LogP contribution in [0.2, 0.25) is 0 Å². The van der Waals surface area contributed by atoms with Crippen LogP contribution < -0.4 is 4.74 Å². The molecule has 4 rings (SSSR count). The smallest absolute Gasteiger partial charge is 0.249 e. The van der Waals surface area contributed by atoms with Gasteiger partial charge in [0.2, 0.25) is 5.92 Å². The Labute approximate surface area is 136 Å². The Hall–Kier alpha value is -2.50. The summed E-state index contributed by atoms with van der Waals surface area (Å²) in [7, 11) is 0. The molecule has 0 unspecified atom stereocenters. The van der Waals surface area contributed by atoms with E-state index in [-0.39, 0.29) is 35.8 Å². The van der Waals surface area contributed by atoms with Gasteiger partial charge in [0.1, 0.15) is 17.6 Å². The molecule has 4 nitrogen and oxygen atoms in total. The van der Waals surface area contributed by atoms with Crippen molar-refractivity contribution in [2.75, 3.05) is 0 Å². The van der Waals surface area contributed by atoms with Crippen molar-refractivity contribution in [2.24, 2.45) is 5.92 Å². The molecule has 2 aromatic rings. The number of phenolic OH excluding ortho intramolecular Hbond substituents is 3. The number of hydrogen-bond acceptors (Lipinski definition) is 4. The average Bonchev–Trinajstić information content (AvgIpc) is 2.83. The van der Waals surface area contributed by atoms with Crippen LogP contribution in [0, 0.1) is 5.92 Å². The zero-order chi connectivity index (χ0) is 17.1. The molecular formula is C18H16F2O4. The van der Waals surface area contributed by atoms with Gasteiger partial charge in [0, 0.05) is 36.3 Å². The van der Waals surface area contributed by atoms with Gasteiger partial charge in [-0.3, -0.25) is 0 Å². The summed E-state index contributed by atoms with van der Waals surface area (Å²) in [5.74, 6) is -4.02. The van der Waals surface area contributed by atoms with Crippen LogP contribution in [0.3, 0.4) is 0 Å². The lowest BCUT2D eigenvalue weighted by molar-refractivity contribution is -0.00242. The molecule has 126 valence electrons. The minimum atomic E-state index is -2.82. The summed E-state index contributed by atoms with van der Waals surface area (Å²) in [5.41, 5.74) is 1.09. The van der Waals surface area contributed by atoms with Crippen LogP contribution in [0.4, 0.5) is 8.78 Å². The largest absolute Gasteiger partial charge is 0.508 e. The third-order valence-electron chi connectivity index (χ3n) is 4.91. The Kier molecular flexibility index (Phi) is 3.13. The van der Waals surface area contributed by atoms with Gasteiger partial charge in [0.05, 0.1) is 0 Å². The summed E-state index contributed by atoms with van der Waals surface area (Å²) in [6, 6.07) is 8.76. The fourth-order valence-electron chi connectivity index (χ4n) is 3.92. The van der Waals surface area contributed by atoms with E-state index in [4.69, 9.17) is 4.74 Å². The third kappa shape index (κ3) is 2.33. The van der Waals surface area contributed by atoms with E-state index < -0.39 is 23.9 Å². The zero-order valence-corrected chi connectivity index (χ0v) is 12.6. The molecule has 1 aliphatic heterocycles.